The predicted molar refractivity (Wildman–Crippen MR) is 80.8 cm³/mol. The molecule has 0 radical (unpaired) electrons. The van der Waals surface area contributed by atoms with Crippen LogP contribution in [0.1, 0.15) is 20.8 Å². The fourth-order valence-electron chi connectivity index (χ4n) is 1.58. The van der Waals surface area contributed by atoms with Gasteiger partial charge in [-0.05, 0) is 30.3 Å². The molecule has 0 aliphatic rings. The number of ether oxygens (including phenoxy) is 1. The summed E-state index contributed by atoms with van der Waals surface area (Å²) in [7, 11) is 1.28. The summed E-state index contributed by atoms with van der Waals surface area (Å²) in [5.41, 5.74) is 0.369. The van der Waals surface area contributed by atoms with Crippen molar-refractivity contribution in [2.24, 2.45) is 0 Å². The Labute approximate surface area is 133 Å². The van der Waals surface area contributed by atoms with Gasteiger partial charge in [-0.2, -0.15) is 0 Å². The maximum absolute atomic E-state index is 11.5. The lowest BCUT2D eigenvalue weighted by Gasteiger charge is -2.07. The Kier molecular flexibility index (Phi) is 4.98. The third kappa shape index (κ3) is 3.83. The van der Waals surface area contributed by atoms with Crippen LogP contribution in [0.4, 0.5) is 0 Å². The molecule has 0 unspecified atom stereocenters. The van der Waals surface area contributed by atoms with Crippen LogP contribution < -0.4 is 0 Å². The first-order valence-electron chi connectivity index (χ1n) is 5.76. The molecule has 1 N–H and O–H groups in total. The molecule has 0 bridgehead atoms. The van der Waals surface area contributed by atoms with Gasteiger partial charge in [-0.15, -0.1) is 0 Å². The van der Waals surface area contributed by atoms with Crippen LogP contribution in [-0.2, 0) is 4.74 Å². The van der Waals surface area contributed by atoms with Crippen molar-refractivity contribution in [1.82, 2.24) is 4.98 Å². The number of benzene rings is 1. The highest BCUT2D eigenvalue weighted by molar-refractivity contribution is 9.10. The van der Waals surface area contributed by atoms with Crippen molar-refractivity contribution in [3.63, 3.8) is 0 Å². The standard InChI is InChI=1S/C14H10BrNO4S/c1-20-14(19)11-7-9(4-5-16-11)21-12-6-8(15)2-3-10(12)13(17)18/h2-7H,1H3,(H,17,18). The van der Waals surface area contributed by atoms with Crippen molar-refractivity contribution in [3.05, 3.63) is 52.3 Å². The Bertz CT molecular complexity index is 705. The molecule has 1 heterocycles. The Morgan fingerprint density at radius 3 is 2.71 bits per heavy atom. The number of halogens is 1. The van der Waals surface area contributed by atoms with Gasteiger partial charge in [0.1, 0.15) is 5.69 Å². The molecule has 2 rings (SSSR count). The first-order chi connectivity index (χ1) is 10.0. The molecule has 0 amide bonds. The summed E-state index contributed by atoms with van der Waals surface area (Å²) >= 11 is 4.56. The second kappa shape index (κ2) is 6.73. The SMILES string of the molecule is COC(=O)c1cc(Sc2cc(Br)ccc2C(=O)O)ccn1. The molecular weight excluding hydrogens is 358 g/mol. The average molecular weight is 368 g/mol. The summed E-state index contributed by atoms with van der Waals surface area (Å²) in [4.78, 5) is 27.9. The number of methoxy groups -OCH3 is 1. The predicted octanol–water partition coefficient (Wildman–Crippen LogP) is 3.48. The number of carbonyl (C=O) groups excluding carboxylic acids is 1. The first kappa shape index (κ1) is 15.5. The maximum Gasteiger partial charge on any atom is 0.356 e. The summed E-state index contributed by atoms with van der Waals surface area (Å²) < 4.78 is 5.39. The van der Waals surface area contributed by atoms with Crippen molar-refractivity contribution in [2.75, 3.05) is 7.11 Å². The topological polar surface area (TPSA) is 76.5 Å². The summed E-state index contributed by atoms with van der Waals surface area (Å²) in [5, 5.41) is 9.20. The fourth-order valence-corrected chi connectivity index (χ4v) is 3.09. The van der Waals surface area contributed by atoms with Crippen molar-refractivity contribution in [1.29, 1.82) is 0 Å². The van der Waals surface area contributed by atoms with E-state index in [1.807, 2.05) is 0 Å². The van der Waals surface area contributed by atoms with E-state index >= 15 is 0 Å². The van der Waals surface area contributed by atoms with Gasteiger partial charge in [-0.25, -0.2) is 14.6 Å². The molecule has 1 aromatic carbocycles. The number of carboxylic acid groups (broad SMARTS) is 1. The van der Waals surface area contributed by atoms with E-state index in [1.165, 1.54) is 31.1 Å². The number of pyridine rings is 1. The second-order valence-electron chi connectivity index (χ2n) is 3.92. The summed E-state index contributed by atoms with van der Waals surface area (Å²) in [5.74, 6) is -1.54. The normalized spacial score (nSPS) is 10.2. The Morgan fingerprint density at radius 1 is 1.29 bits per heavy atom. The van der Waals surface area contributed by atoms with E-state index in [2.05, 4.69) is 25.7 Å². The molecule has 1 aromatic heterocycles. The van der Waals surface area contributed by atoms with Crippen molar-refractivity contribution >= 4 is 39.6 Å². The minimum Gasteiger partial charge on any atom is -0.478 e. The highest BCUT2D eigenvalue weighted by Crippen LogP contribution is 2.32. The molecule has 0 atom stereocenters. The number of carboxylic acids is 1. The van der Waals surface area contributed by atoms with Crippen LogP contribution in [0.15, 0.2) is 50.8 Å². The van der Waals surface area contributed by atoms with Crippen LogP contribution in [0.5, 0.6) is 0 Å². The molecule has 0 aliphatic carbocycles. The molecule has 7 heteroatoms. The highest BCUT2D eigenvalue weighted by atomic mass is 79.9. The molecule has 108 valence electrons. The minimum absolute atomic E-state index is 0.175. The van der Waals surface area contributed by atoms with Gasteiger partial charge in [0.05, 0.1) is 12.7 Å². The van der Waals surface area contributed by atoms with Gasteiger partial charge in [-0.3, -0.25) is 0 Å². The lowest BCUT2D eigenvalue weighted by molar-refractivity contribution is 0.0592. The van der Waals surface area contributed by atoms with Crippen molar-refractivity contribution < 1.29 is 19.4 Å². The number of aromatic nitrogens is 1. The van der Waals surface area contributed by atoms with Gasteiger partial charge in [0, 0.05) is 20.5 Å². The van der Waals surface area contributed by atoms with Crippen LogP contribution in [0.25, 0.3) is 0 Å². The van der Waals surface area contributed by atoms with Crippen LogP contribution in [0.2, 0.25) is 0 Å². The molecule has 0 fully saturated rings. The van der Waals surface area contributed by atoms with E-state index in [9.17, 15) is 14.7 Å². The number of hydrogen-bond donors (Lipinski definition) is 1. The molecule has 21 heavy (non-hydrogen) atoms. The maximum atomic E-state index is 11.5. The number of rotatable bonds is 4. The molecule has 0 saturated carbocycles. The Morgan fingerprint density at radius 2 is 2.05 bits per heavy atom. The zero-order valence-electron chi connectivity index (χ0n) is 10.9. The van der Waals surface area contributed by atoms with E-state index in [1.54, 1.807) is 24.3 Å². The Balaban J connectivity index is 2.36. The van der Waals surface area contributed by atoms with Gasteiger partial charge < -0.3 is 9.84 Å². The van der Waals surface area contributed by atoms with E-state index in [-0.39, 0.29) is 11.3 Å². The van der Waals surface area contributed by atoms with Crippen LogP contribution in [0.3, 0.4) is 0 Å². The lowest BCUT2D eigenvalue weighted by Crippen LogP contribution is -2.03. The molecule has 0 aliphatic heterocycles. The number of esters is 1. The lowest BCUT2D eigenvalue weighted by atomic mass is 10.2. The first-order valence-corrected chi connectivity index (χ1v) is 7.37. The van der Waals surface area contributed by atoms with E-state index in [4.69, 9.17) is 0 Å². The third-order valence-corrected chi connectivity index (χ3v) is 4.07. The van der Waals surface area contributed by atoms with Gasteiger partial charge in [0.15, 0.2) is 0 Å². The minimum atomic E-state index is -1.01. The molecule has 2 aromatic rings. The number of aromatic carboxylic acids is 1. The summed E-state index contributed by atoms with van der Waals surface area (Å²) in [6, 6.07) is 8.16. The average Bonchev–Trinajstić information content (AvgIpc) is 2.46. The third-order valence-electron chi connectivity index (χ3n) is 2.53. The van der Waals surface area contributed by atoms with Crippen molar-refractivity contribution in [3.8, 4) is 0 Å². The summed E-state index contributed by atoms with van der Waals surface area (Å²) in [6.07, 6.45) is 1.48. The summed E-state index contributed by atoms with van der Waals surface area (Å²) in [6.45, 7) is 0. The highest BCUT2D eigenvalue weighted by Gasteiger charge is 2.13. The zero-order valence-corrected chi connectivity index (χ0v) is 13.3. The van der Waals surface area contributed by atoms with Gasteiger partial charge >= 0.3 is 11.9 Å². The van der Waals surface area contributed by atoms with Gasteiger partial charge in [-0.1, -0.05) is 27.7 Å². The number of hydrogen-bond acceptors (Lipinski definition) is 5. The van der Waals surface area contributed by atoms with E-state index in [0.717, 1.165) is 4.47 Å². The van der Waals surface area contributed by atoms with E-state index < -0.39 is 11.9 Å². The Hall–Kier alpha value is -1.86. The quantitative estimate of drug-likeness (QED) is 0.833. The van der Waals surface area contributed by atoms with Crippen LogP contribution >= 0.6 is 27.7 Å². The van der Waals surface area contributed by atoms with Crippen LogP contribution in [-0.4, -0.2) is 29.1 Å². The zero-order chi connectivity index (χ0) is 15.4. The molecule has 0 saturated heterocycles. The second-order valence-corrected chi connectivity index (χ2v) is 5.95. The molecule has 5 nitrogen and oxygen atoms in total. The van der Waals surface area contributed by atoms with Crippen molar-refractivity contribution in [2.45, 2.75) is 9.79 Å². The number of carbonyl (C=O) groups is 2. The fraction of sp³-hybridized carbons (Fsp3) is 0.0714. The van der Waals surface area contributed by atoms with Crippen LogP contribution in [0, 0.1) is 0 Å². The van der Waals surface area contributed by atoms with E-state index in [0.29, 0.717) is 9.79 Å². The van der Waals surface area contributed by atoms with Gasteiger partial charge in [0.2, 0.25) is 0 Å². The van der Waals surface area contributed by atoms with Gasteiger partial charge in [0.25, 0.3) is 0 Å². The molecular formula is C14H10BrNO4S. The molecule has 0 spiro atoms. The largest absolute Gasteiger partial charge is 0.478 e. The monoisotopic (exact) mass is 367 g/mol. The number of nitrogens with zero attached hydrogens (tertiary/aromatic N) is 1. The smallest absolute Gasteiger partial charge is 0.356 e.